The molecule has 0 spiro atoms. The summed E-state index contributed by atoms with van der Waals surface area (Å²) in [6, 6.07) is 8.47. The highest BCUT2D eigenvalue weighted by molar-refractivity contribution is 6.32. The predicted octanol–water partition coefficient (Wildman–Crippen LogP) is 3.57. The highest BCUT2D eigenvalue weighted by Gasteiger charge is 2.19. The van der Waals surface area contributed by atoms with Crippen LogP contribution in [-0.2, 0) is 0 Å². The number of rotatable bonds is 5. The van der Waals surface area contributed by atoms with Gasteiger partial charge in [-0.15, -0.1) is 0 Å². The van der Waals surface area contributed by atoms with Crippen LogP contribution in [0.1, 0.15) is 38.2 Å². The molecule has 1 aromatic carbocycles. The lowest BCUT2D eigenvalue weighted by Gasteiger charge is -2.32. The van der Waals surface area contributed by atoms with Crippen LogP contribution in [0.15, 0.2) is 18.2 Å². The molecule has 1 aromatic rings. The summed E-state index contributed by atoms with van der Waals surface area (Å²) >= 11 is 6.15. The Bertz CT molecular complexity index is 475. The second-order valence-corrected chi connectivity index (χ2v) is 5.75. The van der Waals surface area contributed by atoms with Gasteiger partial charge >= 0.3 is 0 Å². The van der Waals surface area contributed by atoms with Gasteiger partial charge in [-0.1, -0.05) is 31.0 Å². The second-order valence-electron chi connectivity index (χ2n) is 5.34. The first kappa shape index (κ1) is 15.2. The number of anilines is 1. The molecule has 1 atom stereocenters. The third-order valence-corrected chi connectivity index (χ3v) is 4.11. The van der Waals surface area contributed by atoms with Gasteiger partial charge in [0, 0.05) is 19.1 Å². The molecule has 0 saturated carbocycles. The maximum Gasteiger partial charge on any atom is 0.103 e. The van der Waals surface area contributed by atoms with E-state index < -0.39 is 0 Å². The number of benzene rings is 1. The number of nitrogens with zero attached hydrogens (tertiary/aromatic N) is 2. The quantitative estimate of drug-likeness (QED) is 0.901. The lowest BCUT2D eigenvalue weighted by Crippen LogP contribution is -2.44. The van der Waals surface area contributed by atoms with Crippen molar-refractivity contribution in [3.63, 3.8) is 0 Å². The predicted molar refractivity (Wildman–Crippen MR) is 84.3 cm³/mol. The second kappa shape index (κ2) is 7.52. The Kier molecular flexibility index (Phi) is 5.70. The van der Waals surface area contributed by atoms with E-state index in [9.17, 15) is 5.26 Å². The average molecular weight is 292 g/mol. The van der Waals surface area contributed by atoms with Crippen LogP contribution in [0.4, 0.5) is 5.69 Å². The Balaban J connectivity index is 2.19. The Labute approximate surface area is 126 Å². The normalized spacial score (nSPS) is 18.6. The zero-order valence-corrected chi connectivity index (χ0v) is 12.8. The number of hydrogen-bond donors (Lipinski definition) is 1. The zero-order valence-electron chi connectivity index (χ0n) is 12.0. The molecule has 1 aliphatic heterocycles. The van der Waals surface area contributed by atoms with Crippen LogP contribution in [0, 0.1) is 11.3 Å². The highest BCUT2D eigenvalue weighted by Crippen LogP contribution is 2.27. The largest absolute Gasteiger partial charge is 0.369 e. The number of hydrogen-bond acceptors (Lipinski definition) is 3. The van der Waals surface area contributed by atoms with Gasteiger partial charge in [0.2, 0.25) is 0 Å². The Morgan fingerprint density at radius 2 is 2.30 bits per heavy atom. The molecule has 0 amide bonds. The third kappa shape index (κ3) is 3.65. The minimum Gasteiger partial charge on any atom is -0.369 e. The maximum absolute atomic E-state index is 9.35. The van der Waals surface area contributed by atoms with Crippen molar-refractivity contribution in [3.8, 4) is 6.07 Å². The Hall–Kier alpha value is -1.24. The molecule has 0 bridgehead atoms. The van der Waals surface area contributed by atoms with Crippen molar-refractivity contribution in [2.75, 3.05) is 24.5 Å². The molecule has 108 valence electrons. The van der Waals surface area contributed by atoms with Gasteiger partial charge in [0.1, 0.15) is 6.07 Å². The molecule has 0 aromatic heterocycles. The lowest BCUT2D eigenvalue weighted by molar-refractivity contribution is 0.399. The minimum absolute atomic E-state index is 0.515. The molecule has 1 saturated heterocycles. The van der Waals surface area contributed by atoms with E-state index in [2.05, 4.69) is 23.2 Å². The summed E-state index contributed by atoms with van der Waals surface area (Å²) in [6.45, 7) is 5.17. The first-order valence-electron chi connectivity index (χ1n) is 7.43. The van der Waals surface area contributed by atoms with Crippen molar-refractivity contribution in [1.29, 1.82) is 5.26 Å². The van der Waals surface area contributed by atoms with Crippen LogP contribution in [0.2, 0.25) is 5.02 Å². The molecule has 4 heteroatoms. The molecule has 1 N–H and O–H groups in total. The fourth-order valence-corrected chi connectivity index (χ4v) is 3.02. The van der Waals surface area contributed by atoms with Crippen molar-refractivity contribution >= 4 is 17.3 Å². The van der Waals surface area contributed by atoms with Gasteiger partial charge in [-0.05, 0) is 37.9 Å². The van der Waals surface area contributed by atoms with Gasteiger partial charge in [-0.3, -0.25) is 0 Å². The van der Waals surface area contributed by atoms with Gasteiger partial charge in [0.05, 0.1) is 16.3 Å². The van der Waals surface area contributed by atoms with Gasteiger partial charge in [-0.2, -0.15) is 5.26 Å². The average Bonchev–Trinajstić information content (AvgIpc) is 2.47. The first-order chi connectivity index (χ1) is 9.76. The van der Waals surface area contributed by atoms with E-state index in [4.69, 9.17) is 11.6 Å². The number of nitrogens with one attached hydrogen (secondary N) is 1. The molecule has 0 radical (unpaired) electrons. The summed E-state index contributed by atoms with van der Waals surface area (Å²) < 4.78 is 0. The van der Waals surface area contributed by atoms with Crippen LogP contribution in [0.25, 0.3) is 0 Å². The fourth-order valence-electron chi connectivity index (χ4n) is 2.81. The number of nitriles is 1. The van der Waals surface area contributed by atoms with Crippen molar-refractivity contribution in [3.05, 3.63) is 28.8 Å². The number of piperidine rings is 1. The van der Waals surface area contributed by atoms with Crippen molar-refractivity contribution < 1.29 is 0 Å². The van der Waals surface area contributed by atoms with E-state index in [1.54, 1.807) is 6.07 Å². The summed E-state index contributed by atoms with van der Waals surface area (Å²) in [4.78, 5) is 2.30. The monoisotopic (exact) mass is 291 g/mol. The highest BCUT2D eigenvalue weighted by atomic mass is 35.5. The first-order valence-corrected chi connectivity index (χ1v) is 7.81. The molecule has 1 heterocycles. The minimum atomic E-state index is 0.515. The topological polar surface area (TPSA) is 39.1 Å². The molecular formula is C16H22ClN3. The van der Waals surface area contributed by atoms with E-state index in [-0.39, 0.29) is 0 Å². The fraction of sp³-hybridized carbons (Fsp3) is 0.562. The smallest absolute Gasteiger partial charge is 0.103 e. The van der Waals surface area contributed by atoms with Crippen LogP contribution in [0.5, 0.6) is 0 Å². The van der Waals surface area contributed by atoms with Crippen LogP contribution < -0.4 is 10.2 Å². The number of halogens is 1. The third-order valence-electron chi connectivity index (χ3n) is 3.79. The van der Waals surface area contributed by atoms with E-state index in [0.717, 1.165) is 31.7 Å². The van der Waals surface area contributed by atoms with E-state index in [1.807, 2.05) is 12.1 Å². The van der Waals surface area contributed by atoms with Crippen LogP contribution in [0.3, 0.4) is 0 Å². The molecule has 1 unspecified atom stereocenters. The molecule has 0 aliphatic carbocycles. The van der Waals surface area contributed by atoms with Gasteiger partial charge < -0.3 is 10.2 Å². The molecule has 20 heavy (non-hydrogen) atoms. The summed E-state index contributed by atoms with van der Waals surface area (Å²) in [6.07, 6.45) is 4.83. The molecule has 3 nitrogen and oxygen atoms in total. The molecule has 1 aliphatic rings. The SMILES string of the molecule is CCCN(CC1CCCCN1)c1cccc(Cl)c1C#N. The van der Waals surface area contributed by atoms with Gasteiger partial charge in [-0.25, -0.2) is 0 Å². The standard InChI is InChI=1S/C16H22ClN3/c1-2-10-20(12-13-6-3-4-9-19-13)16-8-5-7-15(17)14(16)11-18/h5,7-8,13,19H,2-4,6,9-10,12H2,1H3. The van der Waals surface area contributed by atoms with E-state index >= 15 is 0 Å². The molecule has 1 fully saturated rings. The van der Waals surface area contributed by atoms with Crippen molar-refractivity contribution in [2.24, 2.45) is 0 Å². The van der Waals surface area contributed by atoms with Crippen LogP contribution in [-0.4, -0.2) is 25.7 Å². The van der Waals surface area contributed by atoms with Crippen molar-refractivity contribution in [1.82, 2.24) is 5.32 Å². The Morgan fingerprint density at radius 3 is 2.95 bits per heavy atom. The lowest BCUT2D eigenvalue weighted by atomic mass is 10.0. The summed E-state index contributed by atoms with van der Waals surface area (Å²) in [5, 5.41) is 13.5. The van der Waals surface area contributed by atoms with Crippen molar-refractivity contribution in [2.45, 2.75) is 38.6 Å². The van der Waals surface area contributed by atoms with Crippen LogP contribution >= 0.6 is 11.6 Å². The maximum atomic E-state index is 9.35. The summed E-state index contributed by atoms with van der Waals surface area (Å²) in [5.74, 6) is 0. The van der Waals surface area contributed by atoms with Gasteiger partial charge in [0.25, 0.3) is 0 Å². The van der Waals surface area contributed by atoms with E-state index in [1.165, 1.54) is 19.3 Å². The van der Waals surface area contributed by atoms with E-state index in [0.29, 0.717) is 16.6 Å². The Morgan fingerprint density at radius 1 is 1.45 bits per heavy atom. The summed E-state index contributed by atoms with van der Waals surface area (Å²) in [7, 11) is 0. The zero-order chi connectivity index (χ0) is 14.4. The molecule has 2 rings (SSSR count). The summed E-state index contributed by atoms with van der Waals surface area (Å²) in [5.41, 5.74) is 1.56. The molecular weight excluding hydrogens is 270 g/mol. The van der Waals surface area contributed by atoms with Gasteiger partial charge in [0.15, 0.2) is 0 Å².